The molecule has 18 heavy (non-hydrogen) atoms. The zero-order valence-corrected chi connectivity index (χ0v) is 11.1. The second-order valence-corrected chi connectivity index (χ2v) is 4.97. The normalized spacial score (nSPS) is 17.2. The molecule has 0 radical (unpaired) electrons. The number of benzene rings is 1. The van der Waals surface area contributed by atoms with E-state index in [4.69, 9.17) is 4.74 Å². The molecule has 0 bridgehead atoms. The molecule has 2 heteroatoms. The first kappa shape index (κ1) is 13.3. The van der Waals surface area contributed by atoms with Crippen LogP contribution in [0.5, 0.6) is 0 Å². The Hall–Kier alpha value is -1.12. The Morgan fingerprint density at radius 1 is 1.33 bits per heavy atom. The standard InChI is InChI=1S/C16H23NO/c1-14(16-9-10-16)17-11-13-18-12-5-8-15-6-3-2-4-7-15/h2-8,14,16-17H,9-13H2,1H3/b8-5+. The van der Waals surface area contributed by atoms with Crippen molar-refractivity contribution in [2.45, 2.75) is 25.8 Å². The predicted molar refractivity (Wildman–Crippen MR) is 76.5 cm³/mol. The van der Waals surface area contributed by atoms with Gasteiger partial charge in [0.05, 0.1) is 13.2 Å². The third kappa shape index (κ3) is 5.03. The zero-order valence-electron chi connectivity index (χ0n) is 11.1. The number of rotatable bonds is 8. The molecule has 98 valence electrons. The van der Waals surface area contributed by atoms with Gasteiger partial charge in [0.1, 0.15) is 0 Å². The molecule has 1 aromatic carbocycles. The van der Waals surface area contributed by atoms with E-state index in [2.05, 4.69) is 36.5 Å². The first-order valence-corrected chi connectivity index (χ1v) is 6.89. The van der Waals surface area contributed by atoms with Crippen molar-refractivity contribution in [3.05, 3.63) is 42.0 Å². The Morgan fingerprint density at radius 2 is 2.11 bits per heavy atom. The van der Waals surface area contributed by atoms with Crippen molar-refractivity contribution in [3.63, 3.8) is 0 Å². The molecule has 0 aromatic heterocycles. The first-order valence-electron chi connectivity index (χ1n) is 6.89. The smallest absolute Gasteiger partial charge is 0.0651 e. The van der Waals surface area contributed by atoms with Crippen LogP contribution >= 0.6 is 0 Å². The van der Waals surface area contributed by atoms with Gasteiger partial charge in [0.2, 0.25) is 0 Å². The fourth-order valence-electron chi connectivity index (χ4n) is 2.02. The Labute approximate surface area is 110 Å². The van der Waals surface area contributed by atoms with Gasteiger partial charge in [0.15, 0.2) is 0 Å². The fraction of sp³-hybridized carbons (Fsp3) is 0.500. The molecule has 1 atom stereocenters. The highest BCUT2D eigenvalue weighted by molar-refractivity contribution is 5.48. The van der Waals surface area contributed by atoms with Crippen molar-refractivity contribution in [2.24, 2.45) is 5.92 Å². The summed E-state index contributed by atoms with van der Waals surface area (Å²) in [5.74, 6) is 0.919. The summed E-state index contributed by atoms with van der Waals surface area (Å²) in [7, 11) is 0. The van der Waals surface area contributed by atoms with Crippen LogP contribution in [0.2, 0.25) is 0 Å². The monoisotopic (exact) mass is 245 g/mol. The van der Waals surface area contributed by atoms with Crippen LogP contribution < -0.4 is 5.32 Å². The molecule has 1 fully saturated rings. The Kier molecular flexibility index (Phi) is 5.43. The molecule has 0 amide bonds. The van der Waals surface area contributed by atoms with Crippen LogP contribution in [-0.2, 0) is 4.74 Å². The van der Waals surface area contributed by atoms with Crippen LogP contribution in [0.15, 0.2) is 36.4 Å². The summed E-state index contributed by atoms with van der Waals surface area (Å²) in [6.45, 7) is 4.70. The van der Waals surface area contributed by atoms with E-state index in [9.17, 15) is 0 Å². The molecule has 0 heterocycles. The van der Waals surface area contributed by atoms with Crippen LogP contribution in [0.1, 0.15) is 25.3 Å². The lowest BCUT2D eigenvalue weighted by molar-refractivity contribution is 0.161. The Bertz CT molecular complexity index is 357. The van der Waals surface area contributed by atoms with Crippen molar-refractivity contribution in [1.29, 1.82) is 0 Å². The summed E-state index contributed by atoms with van der Waals surface area (Å²) in [6, 6.07) is 11.0. The summed E-state index contributed by atoms with van der Waals surface area (Å²) >= 11 is 0. The average Bonchev–Trinajstić information content (AvgIpc) is 3.23. The van der Waals surface area contributed by atoms with E-state index in [1.807, 2.05) is 18.2 Å². The molecule has 0 spiro atoms. The van der Waals surface area contributed by atoms with Crippen molar-refractivity contribution < 1.29 is 4.74 Å². The van der Waals surface area contributed by atoms with E-state index in [1.165, 1.54) is 18.4 Å². The number of nitrogens with one attached hydrogen (secondary N) is 1. The van der Waals surface area contributed by atoms with Gasteiger partial charge in [-0.2, -0.15) is 0 Å². The van der Waals surface area contributed by atoms with Crippen LogP contribution in [0.3, 0.4) is 0 Å². The lowest BCUT2D eigenvalue weighted by Crippen LogP contribution is -2.31. The summed E-state index contributed by atoms with van der Waals surface area (Å²) in [4.78, 5) is 0. The number of hydrogen-bond acceptors (Lipinski definition) is 2. The van der Waals surface area contributed by atoms with Gasteiger partial charge in [-0.05, 0) is 31.2 Å². The van der Waals surface area contributed by atoms with Crippen molar-refractivity contribution >= 4 is 6.08 Å². The van der Waals surface area contributed by atoms with Gasteiger partial charge < -0.3 is 10.1 Å². The van der Waals surface area contributed by atoms with Crippen molar-refractivity contribution in [2.75, 3.05) is 19.8 Å². The quantitative estimate of drug-likeness (QED) is 0.711. The van der Waals surface area contributed by atoms with Gasteiger partial charge in [0.25, 0.3) is 0 Å². The van der Waals surface area contributed by atoms with E-state index in [0.717, 1.165) is 19.1 Å². The fourth-order valence-corrected chi connectivity index (χ4v) is 2.02. The molecule has 2 nitrogen and oxygen atoms in total. The molecule has 1 N–H and O–H groups in total. The van der Waals surface area contributed by atoms with E-state index < -0.39 is 0 Å². The van der Waals surface area contributed by atoms with Crippen LogP contribution in [0.25, 0.3) is 6.08 Å². The highest BCUT2D eigenvalue weighted by atomic mass is 16.5. The van der Waals surface area contributed by atoms with Crippen molar-refractivity contribution in [1.82, 2.24) is 5.32 Å². The van der Waals surface area contributed by atoms with Crippen LogP contribution in [-0.4, -0.2) is 25.8 Å². The topological polar surface area (TPSA) is 21.3 Å². The Balaban J connectivity index is 1.49. The lowest BCUT2D eigenvalue weighted by Gasteiger charge is -2.11. The van der Waals surface area contributed by atoms with Gasteiger partial charge in [-0.3, -0.25) is 0 Å². The zero-order chi connectivity index (χ0) is 12.6. The largest absolute Gasteiger partial charge is 0.376 e. The second kappa shape index (κ2) is 7.34. The average molecular weight is 245 g/mol. The summed E-state index contributed by atoms with van der Waals surface area (Å²) in [6.07, 6.45) is 6.96. The van der Waals surface area contributed by atoms with Crippen LogP contribution in [0, 0.1) is 5.92 Å². The number of ether oxygens (including phenoxy) is 1. The van der Waals surface area contributed by atoms with E-state index in [0.29, 0.717) is 12.6 Å². The molecule has 1 saturated carbocycles. The molecular formula is C16H23NO. The SMILES string of the molecule is CC(NCCOC/C=C/c1ccccc1)C1CC1. The highest BCUT2D eigenvalue weighted by Gasteiger charge is 2.26. The minimum Gasteiger partial charge on any atom is -0.376 e. The third-order valence-electron chi connectivity index (χ3n) is 3.37. The maximum atomic E-state index is 5.56. The van der Waals surface area contributed by atoms with E-state index in [1.54, 1.807) is 0 Å². The van der Waals surface area contributed by atoms with E-state index >= 15 is 0 Å². The first-order chi connectivity index (χ1) is 8.86. The molecular weight excluding hydrogens is 222 g/mol. The minimum absolute atomic E-state index is 0.661. The summed E-state index contributed by atoms with van der Waals surface area (Å²) in [5.41, 5.74) is 1.22. The molecule has 1 aliphatic rings. The van der Waals surface area contributed by atoms with Gasteiger partial charge in [0, 0.05) is 12.6 Å². The van der Waals surface area contributed by atoms with Gasteiger partial charge in [-0.15, -0.1) is 0 Å². The summed E-state index contributed by atoms with van der Waals surface area (Å²) < 4.78 is 5.56. The Morgan fingerprint density at radius 3 is 2.83 bits per heavy atom. The number of hydrogen-bond donors (Lipinski definition) is 1. The maximum Gasteiger partial charge on any atom is 0.0651 e. The molecule has 2 rings (SSSR count). The van der Waals surface area contributed by atoms with Gasteiger partial charge >= 0.3 is 0 Å². The molecule has 1 aliphatic carbocycles. The van der Waals surface area contributed by atoms with Crippen LogP contribution in [0.4, 0.5) is 0 Å². The molecule has 0 saturated heterocycles. The molecule has 0 aliphatic heterocycles. The molecule has 1 aromatic rings. The summed E-state index contributed by atoms with van der Waals surface area (Å²) in [5, 5.41) is 3.50. The van der Waals surface area contributed by atoms with E-state index in [-0.39, 0.29) is 0 Å². The minimum atomic E-state index is 0.661. The van der Waals surface area contributed by atoms with Gasteiger partial charge in [-0.1, -0.05) is 42.5 Å². The lowest BCUT2D eigenvalue weighted by atomic mass is 10.2. The maximum absolute atomic E-state index is 5.56. The van der Waals surface area contributed by atoms with Crippen molar-refractivity contribution in [3.8, 4) is 0 Å². The third-order valence-corrected chi connectivity index (χ3v) is 3.37. The predicted octanol–water partition coefficient (Wildman–Crippen LogP) is 3.10. The highest BCUT2D eigenvalue weighted by Crippen LogP contribution is 2.32. The van der Waals surface area contributed by atoms with Gasteiger partial charge in [-0.25, -0.2) is 0 Å². The molecule has 1 unspecified atom stereocenters. The second-order valence-electron chi connectivity index (χ2n) is 4.97.